The van der Waals surface area contributed by atoms with Crippen molar-refractivity contribution in [3.63, 3.8) is 0 Å². The van der Waals surface area contributed by atoms with Crippen molar-refractivity contribution < 1.29 is 4.74 Å². The van der Waals surface area contributed by atoms with Crippen LogP contribution in [-0.4, -0.2) is 16.9 Å². The molecule has 1 heterocycles. The average molecular weight is 280 g/mol. The number of aromatic nitrogens is 2. The number of nitrogens with zero attached hydrogens (tertiary/aromatic N) is 2. The lowest BCUT2D eigenvalue weighted by atomic mass is 10.0. The van der Waals surface area contributed by atoms with E-state index in [1.54, 1.807) is 19.4 Å². The number of benzene rings is 1. The SMILES string of the molecule is CCCn1nccc1C(N)c1cc(Cl)ccc1OC. The van der Waals surface area contributed by atoms with Gasteiger partial charge in [-0.2, -0.15) is 5.10 Å². The summed E-state index contributed by atoms with van der Waals surface area (Å²) in [6.07, 6.45) is 2.77. The Morgan fingerprint density at radius 1 is 1.42 bits per heavy atom. The molecule has 1 aromatic carbocycles. The van der Waals surface area contributed by atoms with Gasteiger partial charge >= 0.3 is 0 Å². The molecule has 0 spiro atoms. The van der Waals surface area contributed by atoms with E-state index in [1.165, 1.54) is 0 Å². The minimum absolute atomic E-state index is 0.303. The number of methoxy groups -OCH3 is 1. The molecular formula is C14H18ClN3O. The summed E-state index contributed by atoms with van der Waals surface area (Å²) >= 11 is 6.05. The van der Waals surface area contributed by atoms with Gasteiger partial charge in [-0.3, -0.25) is 4.68 Å². The molecule has 102 valence electrons. The lowest BCUT2D eigenvalue weighted by molar-refractivity contribution is 0.406. The van der Waals surface area contributed by atoms with Crippen LogP contribution in [0.5, 0.6) is 5.75 Å². The summed E-state index contributed by atoms with van der Waals surface area (Å²) in [5.74, 6) is 0.737. The molecule has 0 saturated heterocycles. The van der Waals surface area contributed by atoms with Crippen LogP contribution in [0.15, 0.2) is 30.5 Å². The lowest BCUT2D eigenvalue weighted by Crippen LogP contribution is -2.18. The molecular weight excluding hydrogens is 262 g/mol. The molecule has 0 aliphatic rings. The van der Waals surface area contributed by atoms with Crippen LogP contribution in [0.1, 0.15) is 30.6 Å². The molecule has 1 atom stereocenters. The zero-order valence-corrected chi connectivity index (χ0v) is 11.9. The predicted molar refractivity (Wildman–Crippen MR) is 76.6 cm³/mol. The maximum Gasteiger partial charge on any atom is 0.124 e. The highest BCUT2D eigenvalue weighted by molar-refractivity contribution is 6.30. The van der Waals surface area contributed by atoms with Crippen LogP contribution in [0.2, 0.25) is 5.02 Å². The molecule has 19 heavy (non-hydrogen) atoms. The van der Waals surface area contributed by atoms with Gasteiger partial charge in [0.2, 0.25) is 0 Å². The van der Waals surface area contributed by atoms with Crippen LogP contribution in [0.4, 0.5) is 0 Å². The van der Waals surface area contributed by atoms with Crippen molar-refractivity contribution in [2.24, 2.45) is 5.73 Å². The van der Waals surface area contributed by atoms with Crippen LogP contribution in [-0.2, 0) is 6.54 Å². The highest BCUT2D eigenvalue weighted by Gasteiger charge is 2.18. The molecule has 0 radical (unpaired) electrons. The van der Waals surface area contributed by atoms with Gasteiger partial charge in [0.25, 0.3) is 0 Å². The Balaban J connectivity index is 2.40. The van der Waals surface area contributed by atoms with Crippen LogP contribution in [0.3, 0.4) is 0 Å². The first kappa shape index (κ1) is 13.9. The van der Waals surface area contributed by atoms with Gasteiger partial charge < -0.3 is 10.5 Å². The Labute approximate surface area is 118 Å². The summed E-state index contributed by atoms with van der Waals surface area (Å²) in [6.45, 7) is 2.95. The van der Waals surface area contributed by atoms with E-state index in [2.05, 4.69) is 12.0 Å². The first-order valence-corrected chi connectivity index (χ1v) is 6.66. The number of ether oxygens (including phenoxy) is 1. The molecule has 0 fully saturated rings. The van der Waals surface area contributed by atoms with Crippen molar-refractivity contribution in [3.05, 3.63) is 46.7 Å². The zero-order chi connectivity index (χ0) is 13.8. The van der Waals surface area contributed by atoms with Crippen LogP contribution < -0.4 is 10.5 Å². The zero-order valence-electron chi connectivity index (χ0n) is 11.1. The Bertz CT molecular complexity index is 553. The smallest absolute Gasteiger partial charge is 0.124 e. The monoisotopic (exact) mass is 279 g/mol. The van der Waals surface area contributed by atoms with Gasteiger partial charge in [0.05, 0.1) is 18.8 Å². The lowest BCUT2D eigenvalue weighted by Gasteiger charge is -2.17. The fourth-order valence-electron chi connectivity index (χ4n) is 2.11. The van der Waals surface area contributed by atoms with E-state index < -0.39 is 0 Å². The van der Waals surface area contributed by atoms with E-state index >= 15 is 0 Å². The first-order valence-electron chi connectivity index (χ1n) is 6.28. The van der Waals surface area contributed by atoms with Crippen molar-refractivity contribution in [2.45, 2.75) is 25.9 Å². The number of halogens is 1. The minimum Gasteiger partial charge on any atom is -0.496 e. The Hall–Kier alpha value is -1.52. The summed E-state index contributed by atoms with van der Waals surface area (Å²) in [5.41, 5.74) is 8.17. The molecule has 5 heteroatoms. The largest absolute Gasteiger partial charge is 0.496 e. The van der Waals surface area contributed by atoms with E-state index in [-0.39, 0.29) is 6.04 Å². The molecule has 2 N–H and O–H groups in total. The van der Waals surface area contributed by atoms with Gasteiger partial charge in [-0.25, -0.2) is 0 Å². The fraction of sp³-hybridized carbons (Fsp3) is 0.357. The Morgan fingerprint density at radius 3 is 2.89 bits per heavy atom. The summed E-state index contributed by atoms with van der Waals surface area (Å²) in [7, 11) is 1.63. The van der Waals surface area contributed by atoms with Crippen molar-refractivity contribution in [3.8, 4) is 5.75 Å². The summed E-state index contributed by atoms with van der Waals surface area (Å²) < 4.78 is 7.27. The molecule has 2 rings (SSSR count). The molecule has 1 unspecified atom stereocenters. The second-order valence-corrected chi connectivity index (χ2v) is 4.78. The fourth-order valence-corrected chi connectivity index (χ4v) is 2.29. The van der Waals surface area contributed by atoms with Gasteiger partial charge in [-0.05, 0) is 30.7 Å². The van der Waals surface area contributed by atoms with Gasteiger partial charge in [-0.1, -0.05) is 18.5 Å². The van der Waals surface area contributed by atoms with Crippen LogP contribution in [0, 0.1) is 0 Å². The molecule has 0 aliphatic heterocycles. The minimum atomic E-state index is -0.303. The average Bonchev–Trinajstić information content (AvgIpc) is 2.86. The topological polar surface area (TPSA) is 53.1 Å². The molecule has 4 nitrogen and oxygen atoms in total. The third-order valence-electron chi connectivity index (χ3n) is 3.03. The van der Waals surface area contributed by atoms with Gasteiger partial charge in [0.1, 0.15) is 5.75 Å². The molecule has 0 saturated carbocycles. The number of nitrogens with two attached hydrogens (primary N) is 1. The number of rotatable bonds is 5. The van der Waals surface area contributed by atoms with Crippen molar-refractivity contribution in [1.82, 2.24) is 9.78 Å². The third-order valence-corrected chi connectivity index (χ3v) is 3.27. The third kappa shape index (κ3) is 2.91. The normalized spacial score (nSPS) is 12.4. The van der Waals surface area contributed by atoms with Gasteiger partial charge in [0, 0.05) is 23.3 Å². The maximum absolute atomic E-state index is 6.34. The van der Waals surface area contributed by atoms with E-state index in [4.69, 9.17) is 22.1 Å². The molecule has 2 aromatic rings. The summed E-state index contributed by atoms with van der Waals surface area (Å²) in [6, 6.07) is 7.09. The van der Waals surface area contributed by atoms with Crippen molar-refractivity contribution >= 4 is 11.6 Å². The highest BCUT2D eigenvalue weighted by Crippen LogP contribution is 2.30. The molecule has 0 amide bonds. The van der Waals surface area contributed by atoms with Crippen LogP contribution >= 0.6 is 11.6 Å². The Morgan fingerprint density at radius 2 is 2.21 bits per heavy atom. The standard InChI is InChI=1S/C14H18ClN3O/c1-3-8-18-12(6-7-17-18)14(16)11-9-10(15)4-5-13(11)19-2/h4-7,9,14H,3,8,16H2,1-2H3. The van der Waals surface area contributed by atoms with Crippen LogP contribution in [0.25, 0.3) is 0 Å². The van der Waals surface area contributed by atoms with E-state index in [1.807, 2.05) is 22.9 Å². The van der Waals surface area contributed by atoms with Gasteiger partial charge in [0.15, 0.2) is 0 Å². The summed E-state index contributed by atoms with van der Waals surface area (Å²) in [4.78, 5) is 0. The van der Waals surface area contributed by atoms with Crippen molar-refractivity contribution in [2.75, 3.05) is 7.11 Å². The Kier molecular flexibility index (Phi) is 4.45. The van der Waals surface area contributed by atoms with E-state index in [9.17, 15) is 0 Å². The number of aryl methyl sites for hydroxylation is 1. The molecule has 0 bridgehead atoms. The van der Waals surface area contributed by atoms with Gasteiger partial charge in [-0.15, -0.1) is 0 Å². The van der Waals surface area contributed by atoms with E-state index in [0.29, 0.717) is 5.02 Å². The van der Waals surface area contributed by atoms with E-state index in [0.717, 1.165) is 30.0 Å². The molecule has 1 aromatic heterocycles. The maximum atomic E-state index is 6.34. The number of hydrogen-bond donors (Lipinski definition) is 1. The second kappa shape index (κ2) is 6.08. The molecule has 0 aliphatic carbocycles. The second-order valence-electron chi connectivity index (χ2n) is 4.34. The first-order chi connectivity index (χ1) is 9.17. The number of hydrogen-bond acceptors (Lipinski definition) is 3. The summed E-state index contributed by atoms with van der Waals surface area (Å²) in [5, 5.41) is 4.94. The predicted octanol–water partition coefficient (Wildman–Crippen LogP) is 3.00. The van der Waals surface area contributed by atoms with Crippen molar-refractivity contribution in [1.29, 1.82) is 0 Å². The highest BCUT2D eigenvalue weighted by atomic mass is 35.5. The quantitative estimate of drug-likeness (QED) is 0.915.